The number of hydrogen-bond donors (Lipinski definition) is 2. The molecule has 0 fully saturated rings. The van der Waals surface area contributed by atoms with Crippen molar-refractivity contribution >= 4 is 14.4 Å². The van der Waals surface area contributed by atoms with Crippen molar-refractivity contribution in [2.75, 3.05) is 12.8 Å². The first-order valence-corrected chi connectivity index (χ1v) is 2.98. The van der Waals surface area contributed by atoms with Crippen LogP contribution in [0.3, 0.4) is 0 Å². The van der Waals surface area contributed by atoms with Crippen LogP contribution < -0.4 is 5.32 Å². The SMILES string of the molecule is O=PCNCC(=O)O. The molecule has 0 aliphatic heterocycles. The highest BCUT2D eigenvalue weighted by Gasteiger charge is 1.91. The number of hydrogen-bond acceptors (Lipinski definition) is 3. The lowest BCUT2D eigenvalue weighted by Gasteiger charge is -1.89. The third-order valence-corrected chi connectivity index (χ3v) is 0.805. The molecule has 0 radical (unpaired) electrons. The van der Waals surface area contributed by atoms with Gasteiger partial charge in [0, 0.05) is 0 Å². The molecule has 0 aromatic heterocycles. The first-order valence-electron chi connectivity index (χ1n) is 1.99. The Morgan fingerprint density at radius 1 is 1.75 bits per heavy atom. The zero-order valence-corrected chi connectivity index (χ0v) is 5.02. The van der Waals surface area contributed by atoms with E-state index in [2.05, 4.69) is 5.32 Å². The molecule has 2 N–H and O–H groups in total. The normalized spacial score (nSPS) is 9.50. The second-order valence-electron chi connectivity index (χ2n) is 1.11. The third-order valence-electron chi connectivity index (χ3n) is 0.453. The fourth-order valence-corrected chi connectivity index (χ4v) is 0.412. The van der Waals surface area contributed by atoms with Crippen LogP contribution in [0, 0.1) is 0 Å². The van der Waals surface area contributed by atoms with Crippen molar-refractivity contribution in [1.29, 1.82) is 0 Å². The van der Waals surface area contributed by atoms with E-state index in [4.69, 9.17) is 5.11 Å². The molecule has 0 saturated heterocycles. The van der Waals surface area contributed by atoms with Crippen molar-refractivity contribution in [2.24, 2.45) is 0 Å². The molecule has 0 aromatic carbocycles. The van der Waals surface area contributed by atoms with Crippen LogP contribution in [0.25, 0.3) is 0 Å². The van der Waals surface area contributed by atoms with Gasteiger partial charge in [-0.3, -0.25) is 14.7 Å². The molecule has 0 aliphatic rings. The maximum absolute atomic E-state index is 9.71. The van der Waals surface area contributed by atoms with Gasteiger partial charge in [0.2, 0.25) is 0 Å². The molecule has 0 atom stereocenters. The summed E-state index contributed by atoms with van der Waals surface area (Å²) in [5.41, 5.74) is 0. The Bertz CT molecular complexity index is 94.5. The predicted octanol–water partition coefficient (Wildman–Crippen LogP) is -0.0902. The van der Waals surface area contributed by atoms with Gasteiger partial charge in [0.15, 0.2) is 8.46 Å². The highest BCUT2D eigenvalue weighted by molar-refractivity contribution is 7.23. The summed E-state index contributed by atoms with van der Waals surface area (Å²) < 4.78 is 9.63. The molecule has 0 rings (SSSR count). The zero-order chi connectivity index (χ0) is 6.41. The first-order chi connectivity index (χ1) is 3.77. The van der Waals surface area contributed by atoms with E-state index in [1.165, 1.54) is 0 Å². The van der Waals surface area contributed by atoms with Crippen LogP contribution in [-0.2, 0) is 9.36 Å². The molecule has 0 unspecified atom stereocenters. The van der Waals surface area contributed by atoms with E-state index < -0.39 is 5.97 Å². The van der Waals surface area contributed by atoms with Crippen molar-refractivity contribution < 1.29 is 14.5 Å². The standard InChI is InChI=1S/C3H6NO3P/c5-3(6)1-4-2-8-7/h4H,1-2H2,(H,5,6). The molecular formula is C3H6NO3P. The summed E-state index contributed by atoms with van der Waals surface area (Å²) in [6, 6.07) is 0. The molecule has 0 amide bonds. The molecule has 0 bridgehead atoms. The van der Waals surface area contributed by atoms with Crippen LogP contribution >= 0.6 is 8.46 Å². The minimum atomic E-state index is -0.936. The Labute approximate surface area is 48.1 Å². The fraction of sp³-hybridized carbons (Fsp3) is 0.667. The summed E-state index contributed by atoms with van der Waals surface area (Å²) in [4.78, 5) is 9.71. The first kappa shape index (κ1) is 7.53. The van der Waals surface area contributed by atoms with Crippen LogP contribution in [0.5, 0.6) is 0 Å². The van der Waals surface area contributed by atoms with E-state index >= 15 is 0 Å². The van der Waals surface area contributed by atoms with Gasteiger partial charge in [-0.25, -0.2) is 0 Å². The topological polar surface area (TPSA) is 66.4 Å². The third kappa shape index (κ3) is 5.53. The maximum atomic E-state index is 9.71. The van der Waals surface area contributed by atoms with Gasteiger partial charge >= 0.3 is 5.97 Å². The van der Waals surface area contributed by atoms with E-state index in [9.17, 15) is 9.36 Å². The van der Waals surface area contributed by atoms with Crippen LogP contribution in [-0.4, -0.2) is 23.9 Å². The van der Waals surface area contributed by atoms with Crippen molar-refractivity contribution in [1.82, 2.24) is 5.32 Å². The van der Waals surface area contributed by atoms with Gasteiger partial charge in [0.1, 0.15) is 0 Å². The zero-order valence-electron chi connectivity index (χ0n) is 4.13. The number of carboxylic acids is 1. The largest absolute Gasteiger partial charge is 0.480 e. The van der Waals surface area contributed by atoms with E-state index in [1.54, 1.807) is 0 Å². The number of carboxylic acid groups (broad SMARTS) is 1. The molecular weight excluding hydrogens is 129 g/mol. The predicted molar refractivity (Wildman–Crippen MR) is 28.1 cm³/mol. The molecule has 0 aromatic rings. The highest BCUT2D eigenvalue weighted by atomic mass is 31.1. The number of aliphatic carboxylic acids is 1. The molecule has 46 valence electrons. The van der Waals surface area contributed by atoms with Crippen LogP contribution in [0.15, 0.2) is 0 Å². The van der Waals surface area contributed by atoms with E-state index in [-0.39, 0.29) is 21.3 Å². The lowest BCUT2D eigenvalue weighted by molar-refractivity contribution is -0.135. The van der Waals surface area contributed by atoms with Gasteiger partial charge in [-0.2, -0.15) is 0 Å². The summed E-state index contributed by atoms with van der Waals surface area (Å²) in [7, 11) is -0.0740. The van der Waals surface area contributed by atoms with Gasteiger partial charge < -0.3 is 5.11 Å². The molecule has 0 heterocycles. The Morgan fingerprint density at radius 3 is 2.75 bits per heavy atom. The van der Waals surface area contributed by atoms with Crippen LogP contribution in [0.2, 0.25) is 0 Å². The number of rotatable bonds is 4. The Balaban J connectivity index is 2.93. The minimum absolute atomic E-state index is 0.0740. The van der Waals surface area contributed by atoms with Crippen molar-refractivity contribution in [3.63, 3.8) is 0 Å². The Morgan fingerprint density at radius 2 is 2.38 bits per heavy atom. The van der Waals surface area contributed by atoms with Gasteiger partial charge in [-0.15, -0.1) is 0 Å². The molecule has 8 heavy (non-hydrogen) atoms. The summed E-state index contributed by atoms with van der Waals surface area (Å²) in [6.07, 6.45) is 0.201. The molecule has 4 nitrogen and oxygen atoms in total. The smallest absolute Gasteiger partial charge is 0.317 e. The fourth-order valence-electron chi connectivity index (χ4n) is 0.208. The van der Waals surface area contributed by atoms with Gasteiger partial charge in [-0.1, -0.05) is 0 Å². The minimum Gasteiger partial charge on any atom is -0.480 e. The number of carbonyl (C=O) groups is 1. The van der Waals surface area contributed by atoms with Crippen LogP contribution in [0.4, 0.5) is 0 Å². The quantitative estimate of drug-likeness (QED) is 0.417. The van der Waals surface area contributed by atoms with Gasteiger partial charge in [-0.05, 0) is 0 Å². The van der Waals surface area contributed by atoms with Crippen LogP contribution in [0.1, 0.15) is 0 Å². The molecule has 0 saturated carbocycles. The van der Waals surface area contributed by atoms with E-state index in [1.807, 2.05) is 0 Å². The monoisotopic (exact) mass is 135 g/mol. The lowest BCUT2D eigenvalue weighted by atomic mass is 10.7. The van der Waals surface area contributed by atoms with Gasteiger partial charge in [0.25, 0.3) is 0 Å². The van der Waals surface area contributed by atoms with Gasteiger partial charge in [0.05, 0.1) is 12.8 Å². The molecule has 0 aliphatic carbocycles. The van der Waals surface area contributed by atoms with Crippen molar-refractivity contribution in [3.8, 4) is 0 Å². The van der Waals surface area contributed by atoms with Crippen molar-refractivity contribution in [2.45, 2.75) is 0 Å². The summed E-state index contributed by atoms with van der Waals surface area (Å²) >= 11 is 0. The maximum Gasteiger partial charge on any atom is 0.317 e. The highest BCUT2D eigenvalue weighted by Crippen LogP contribution is 1.82. The second-order valence-corrected chi connectivity index (χ2v) is 1.68. The summed E-state index contributed by atoms with van der Waals surface area (Å²) in [5.74, 6) is -0.936. The average molecular weight is 135 g/mol. The summed E-state index contributed by atoms with van der Waals surface area (Å²) in [6.45, 7) is -0.130. The van der Waals surface area contributed by atoms with E-state index in [0.717, 1.165) is 0 Å². The van der Waals surface area contributed by atoms with Crippen molar-refractivity contribution in [3.05, 3.63) is 0 Å². The number of nitrogens with one attached hydrogen (secondary N) is 1. The second kappa shape index (κ2) is 4.68. The Kier molecular flexibility index (Phi) is 4.41. The molecule has 5 heteroatoms. The average Bonchev–Trinajstić information content (AvgIpc) is 1.66. The lowest BCUT2D eigenvalue weighted by Crippen LogP contribution is -2.20. The molecule has 0 spiro atoms. The van der Waals surface area contributed by atoms with E-state index in [0.29, 0.717) is 0 Å². The summed E-state index contributed by atoms with van der Waals surface area (Å²) in [5, 5.41) is 10.4. The Hall–Kier alpha value is -0.470.